The van der Waals surface area contributed by atoms with Crippen LogP contribution in [0.15, 0.2) is 97.5 Å². The Balaban J connectivity index is 1.34. The highest BCUT2D eigenvalue weighted by Crippen LogP contribution is 2.38. The summed E-state index contributed by atoms with van der Waals surface area (Å²) in [5.41, 5.74) is 6.43. The van der Waals surface area contributed by atoms with Gasteiger partial charge in [-0.25, -0.2) is 4.79 Å². The van der Waals surface area contributed by atoms with Crippen LogP contribution < -0.4 is 4.74 Å². The molecule has 0 aliphatic rings. The maximum atomic E-state index is 12.3. The molecule has 3 aromatic heterocycles. The Morgan fingerprint density at radius 1 is 0.923 bits per heavy atom. The Morgan fingerprint density at radius 2 is 1.74 bits per heavy atom. The summed E-state index contributed by atoms with van der Waals surface area (Å²) in [6, 6.07) is 26.0. The highest BCUT2D eigenvalue weighted by molar-refractivity contribution is 6.05. The van der Waals surface area contributed by atoms with Crippen molar-refractivity contribution in [3.05, 3.63) is 114 Å². The van der Waals surface area contributed by atoms with Crippen LogP contribution in [-0.2, 0) is 6.42 Å². The number of pyridine rings is 2. The Labute approximate surface area is 226 Å². The third-order valence-electron chi connectivity index (χ3n) is 7.10. The standard InChI is InChI=1S/C33H27N3O3/c1-21-16-18-35-30(23-10-6-17-34-20-23)29(21)27-13-5-12-25-26(32(33(37)38)36-31(25)27)14-7-19-39-28-15-4-9-22-8-2-3-11-24(22)28/h2-6,8-13,15-18,20,36H,7,14,19H2,1H3,(H,37,38). The van der Waals surface area contributed by atoms with Gasteiger partial charge in [-0.3, -0.25) is 9.97 Å². The third-order valence-corrected chi connectivity index (χ3v) is 7.10. The number of fused-ring (bicyclic) bond motifs is 2. The van der Waals surface area contributed by atoms with Gasteiger partial charge >= 0.3 is 5.97 Å². The Kier molecular flexibility index (Phi) is 6.51. The number of carboxylic acid groups (broad SMARTS) is 1. The SMILES string of the molecule is Cc1ccnc(-c2cccnc2)c1-c1cccc2c(CCCOc3cccc4ccccc34)c(C(=O)O)[nH]c12. The number of carboxylic acids is 1. The van der Waals surface area contributed by atoms with Gasteiger partial charge in [-0.2, -0.15) is 0 Å². The fourth-order valence-electron chi connectivity index (χ4n) is 5.30. The zero-order chi connectivity index (χ0) is 26.8. The van der Waals surface area contributed by atoms with Crippen LogP contribution in [0.25, 0.3) is 44.1 Å². The second-order valence-electron chi connectivity index (χ2n) is 9.53. The normalized spacial score (nSPS) is 11.2. The van der Waals surface area contributed by atoms with E-state index in [-0.39, 0.29) is 5.69 Å². The molecule has 0 atom stereocenters. The maximum absolute atomic E-state index is 12.3. The molecule has 2 N–H and O–H groups in total. The molecule has 0 saturated heterocycles. The predicted molar refractivity (Wildman–Crippen MR) is 154 cm³/mol. The molecule has 6 nitrogen and oxygen atoms in total. The minimum atomic E-state index is -0.975. The quantitative estimate of drug-likeness (QED) is 0.206. The van der Waals surface area contributed by atoms with Crippen molar-refractivity contribution in [2.75, 3.05) is 6.61 Å². The molecule has 0 aliphatic heterocycles. The molecule has 0 aliphatic carbocycles. The molecule has 6 rings (SSSR count). The van der Waals surface area contributed by atoms with Gasteiger partial charge in [0.2, 0.25) is 0 Å². The van der Waals surface area contributed by atoms with E-state index in [0.29, 0.717) is 19.4 Å². The average Bonchev–Trinajstić information content (AvgIpc) is 3.35. The van der Waals surface area contributed by atoms with Crippen molar-refractivity contribution in [2.24, 2.45) is 0 Å². The first-order valence-corrected chi connectivity index (χ1v) is 13.0. The Bertz CT molecular complexity index is 1800. The highest BCUT2D eigenvalue weighted by Gasteiger charge is 2.21. The Hall–Kier alpha value is -4.97. The number of benzene rings is 3. The number of para-hydroxylation sites is 1. The molecule has 0 spiro atoms. The molecule has 39 heavy (non-hydrogen) atoms. The number of aryl methyl sites for hydroxylation is 2. The number of H-pyrrole nitrogens is 1. The summed E-state index contributed by atoms with van der Waals surface area (Å²) in [4.78, 5) is 24.5. The lowest BCUT2D eigenvalue weighted by Crippen LogP contribution is -2.04. The van der Waals surface area contributed by atoms with E-state index in [4.69, 9.17) is 4.74 Å². The van der Waals surface area contributed by atoms with Gasteiger partial charge in [0.15, 0.2) is 0 Å². The minimum absolute atomic E-state index is 0.215. The van der Waals surface area contributed by atoms with E-state index in [1.54, 1.807) is 18.6 Å². The summed E-state index contributed by atoms with van der Waals surface area (Å²) in [5.74, 6) is -0.139. The molecule has 3 heterocycles. The van der Waals surface area contributed by atoms with Gasteiger partial charge in [0.05, 0.1) is 17.8 Å². The van der Waals surface area contributed by atoms with E-state index >= 15 is 0 Å². The lowest BCUT2D eigenvalue weighted by Gasteiger charge is -2.13. The topological polar surface area (TPSA) is 88.1 Å². The monoisotopic (exact) mass is 513 g/mol. The van der Waals surface area contributed by atoms with Crippen molar-refractivity contribution in [3.63, 3.8) is 0 Å². The molecule has 192 valence electrons. The van der Waals surface area contributed by atoms with Crippen LogP contribution in [0.5, 0.6) is 5.75 Å². The highest BCUT2D eigenvalue weighted by atomic mass is 16.5. The maximum Gasteiger partial charge on any atom is 0.352 e. The molecule has 0 radical (unpaired) electrons. The van der Waals surface area contributed by atoms with Crippen LogP contribution in [0, 0.1) is 6.92 Å². The molecule has 3 aromatic carbocycles. The van der Waals surface area contributed by atoms with Gasteiger partial charge in [0.1, 0.15) is 11.4 Å². The number of aromatic amines is 1. The van der Waals surface area contributed by atoms with E-state index in [2.05, 4.69) is 33.2 Å². The summed E-state index contributed by atoms with van der Waals surface area (Å²) in [5, 5.41) is 13.2. The summed E-state index contributed by atoms with van der Waals surface area (Å²) in [7, 11) is 0. The zero-order valence-electron chi connectivity index (χ0n) is 21.5. The van der Waals surface area contributed by atoms with Gasteiger partial charge in [0.25, 0.3) is 0 Å². The number of rotatable bonds is 8. The van der Waals surface area contributed by atoms with Gasteiger partial charge in [-0.05, 0) is 60.5 Å². The second kappa shape index (κ2) is 10.4. The number of nitrogens with zero attached hydrogens (tertiary/aromatic N) is 2. The first-order chi connectivity index (χ1) is 19.1. The van der Waals surface area contributed by atoms with Crippen LogP contribution in [0.2, 0.25) is 0 Å². The van der Waals surface area contributed by atoms with E-state index < -0.39 is 5.97 Å². The lowest BCUT2D eigenvalue weighted by atomic mass is 9.94. The molecular formula is C33H27N3O3. The smallest absolute Gasteiger partial charge is 0.352 e. The molecule has 6 heteroatoms. The van der Waals surface area contributed by atoms with Crippen LogP contribution in [-0.4, -0.2) is 32.6 Å². The van der Waals surface area contributed by atoms with E-state index in [1.165, 1.54) is 0 Å². The second-order valence-corrected chi connectivity index (χ2v) is 9.53. The zero-order valence-corrected chi connectivity index (χ0v) is 21.5. The van der Waals surface area contributed by atoms with Crippen LogP contribution >= 0.6 is 0 Å². The van der Waals surface area contributed by atoms with Gasteiger partial charge < -0.3 is 14.8 Å². The summed E-state index contributed by atoms with van der Waals surface area (Å²) in [6.45, 7) is 2.52. The fourth-order valence-corrected chi connectivity index (χ4v) is 5.30. The number of aromatic carboxylic acids is 1. The average molecular weight is 514 g/mol. The number of carbonyl (C=O) groups is 1. The number of hydrogen-bond donors (Lipinski definition) is 2. The van der Waals surface area contributed by atoms with Crippen molar-refractivity contribution >= 4 is 27.6 Å². The third kappa shape index (κ3) is 4.61. The first kappa shape index (κ1) is 24.4. The molecule has 0 fully saturated rings. The largest absolute Gasteiger partial charge is 0.493 e. The molecular weight excluding hydrogens is 486 g/mol. The molecule has 0 saturated carbocycles. The number of aromatic nitrogens is 3. The molecule has 0 bridgehead atoms. The Morgan fingerprint density at radius 3 is 2.59 bits per heavy atom. The number of ether oxygens (including phenoxy) is 1. The summed E-state index contributed by atoms with van der Waals surface area (Å²) >= 11 is 0. The predicted octanol–water partition coefficient (Wildman–Crippen LogP) is 7.46. The van der Waals surface area contributed by atoms with E-state index in [1.807, 2.05) is 67.6 Å². The van der Waals surface area contributed by atoms with E-state index in [0.717, 1.165) is 60.9 Å². The summed E-state index contributed by atoms with van der Waals surface area (Å²) in [6.07, 6.45) is 6.56. The van der Waals surface area contributed by atoms with Crippen LogP contribution in [0.3, 0.4) is 0 Å². The van der Waals surface area contributed by atoms with Gasteiger partial charge in [-0.15, -0.1) is 0 Å². The van der Waals surface area contributed by atoms with Crippen molar-refractivity contribution in [3.8, 4) is 28.1 Å². The lowest BCUT2D eigenvalue weighted by molar-refractivity contribution is 0.0690. The van der Waals surface area contributed by atoms with Crippen molar-refractivity contribution < 1.29 is 14.6 Å². The van der Waals surface area contributed by atoms with Crippen molar-refractivity contribution in [1.82, 2.24) is 15.0 Å². The summed E-state index contributed by atoms with van der Waals surface area (Å²) < 4.78 is 6.13. The van der Waals surface area contributed by atoms with Crippen LogP contribution in [0.1, 0.15) is 28.0 Å². The number of hydrogen-bond acceptors (Lipinski definition) is 4. The first-order valence-electron chi connectivity index (χ1n) is 13.0. The van der Waals surface area contributed by atoms with Crippen molar-refractivity contribution in [2.45, 2.75) is 19.8 Å². The van der Waals surface area contributed by atoms with E-state index in [9.17, 15) is 9.90 Å². The van der Waals surface area contributed by atoms with Crippen molar-refractivity contribution in [1.29, 1.82) is 0 Å². The molecule has 6 aromatic rings. The fraction of sp³-hybridized carbons (Fsp3) is 0.121. The van der Waals surface area contributed by atoms with Gasteiger partial charge in [-0.1, -0.05) is 54.6 Å². The molecule has 0 amide bonds. The van der Waals surface area contributed by atoms with Crippen LogP contribution in [0.4, 0.5) is 0 Å². The van der Waals surface area contributed by atoms with Gasteiger partial charge in [0, 0.05) is 46.1 Å². The molecule has 0 unspecified atom stereocenters. The number of nitrogens with one attached hydrogen (secondary N) is 1. The minimum Gasteiger partial charge on any atom is -0.493 e.